The van der Waals surface area contributed by atoms with Gasteiger partial charge in [0.05, 0.1) is 12.8 Å². The molecule has 0 fully saturated rings. The molecule has 112 valence electrons. The molecule has 22 heavy (non-hydrogen) atoms. The van der Waals surface area contributed by atoms with E-state index in [4.69, 9.17) is 4.74 Å². The zero-order valence-corrected chi connectivity index (χ0v) is 12.5. The maximum absolute atomic E-state index is 5.26. The Morgan fingerprint density at radius 1 is 1.09 bits per heavy atom. The van der Waals surface area contributed by atoms with Gasteiger partial charge >= 0.3 is 0 Å². The Morgan fingerprint density at radius 3 is 2.68 bits per heavy atom. The van der Waals surface area contributed by atoms with E-state index in [2.05, 4.69) is 21.6 Å². The minimum Gasteiger partial charge on any atom is -0.497 e. The van der Waals surface area contributed by atoms with Crippen LogP contribution >= 0.6 is 0 Å². The molecule has 0 saturated heterocycles. The van der Waals surface area contributed by atoms with Gasteiger partial charge in [-0.1, -0.05) is 35.4 Å². The van der Waals surface area contributed by atoms with Gasteiger partial charge in [0.1, 0.15) is 5.75 Å². The lowest BCUT2D eigenvalue weighted by Gasteiger charge is -2.18. The topological polar surface area (TPSA) is 56.1 Å². The molecule has 0 radical (unpaired) electrons. The second-order valence-corrected chi connectivity index (χ2v) is 4.93. The summed E-state index contributed by atoms with van der Waals surface area (Å²) in [6.45, 7) is 0.685. The SMILES string of the molecule is COc1cccc(CN(C)c2nnnn2-c2ccccc2)c1. The number of anilines is 1. The summed E-state index contributed by atoms with van der Waals surface area (Å²) < 4.78 is 6.98. The normalized spacial score (nSPS) is 10.5. The molecule has 0 N–H and O–H groups in total. The lowest BCUT2D eigenvalue weighted by atomic mass is 10.2. The molecular weight excluding hydrogens is 278 g/mol. The summed E-state index contributed by atoms with van der Waals surface area (Å²) in [7, 11) is 3.63. The Morgan fingerprint density at radius 2 is 1.91 bits per heavy atom. The fraction of sp³-hybridized carbons (Fsp3) is 0.188. The van der Waals surface area contributed by atoms with Crippen LogP contribution in [0, 0.1) is 0 Å². The Hall–Kier alpha value is -2.89. The van der Waals surface area contributed by atoms with E-state index in [1.54, 1.807) is 11.8 Å². The fourth-order valence-corrected chi connectivity index (χ4v) is 2.27. The first-order valence-electron chi connectivity index (χ1n) is 6.96. The van der Waals surface area contributed by atoms with E-state index in [0.29, 0.717) is 12.5 Å². The van der Waals surface area contributed by atoms with Crippen LogP contribution in [0.5, 0.6) is 5.75 Å². The summed E-state index contributed by atoms with van der Waals surface area (Å²) in [6.07, 6.45) is 0. The number of methoxy groups -OCH3 is 1. The number of aromatic nitrogens is 4. The first-order chi connectivity index (χ1) is 10.8. The summed E-state index contributed by atoms with van der Waals surface area (Å²) in [5.74, 6) is 1.53. The number of hydrogen-bond donors (Lipinski definition) is 0. The van der Waals surface area contributed by atoms with E-state index < -0.39 is 0 Å². The van der Waals surface area contributed by atoms with Crippen LogP contribution in [0.1, 0.15) is 5.56 Å². The number of tetrazole rings is 1. The van der Waals surface area contributed by atoms with E-state index >= 15 is 0 Å². The number of nitrogens with zero attached hydrogens (tertiary/aromatic N) is 5. The van der Waals surface area contributed by atoms with E-state index in [-0.39, 0.29) is 0 Å². The Balaban J connectivity index is 1.84. The van der Waals surface area contributed by atoms with Crippen molar-refractivity contribution in [2.75, 3.05) is 19.1 Å². The van der Waals surface area contributed by atoms with Gasteiger partial charge in [-0.3, -0.25) is 0 Å². The maximum Gasteiger partial charge on any atom is 0.250 e. The van der Waals surface area contributed by atoms with E-state index in [0.717, 1.165) is 17.0 Å². The molecule has 0 unspecified atom stereocenters. The molecule has 1 heterocycles. The highest BCUT2D eigenvalue weighted by molar-refractivity contribution is 5.41. The van der Waals surface area contributed by atoms with E-state index in [1.807, 2.05) is 60.5 Å². The molecule has 6 nitrogen and oxygen atoms in total. The van der Waals surface area contributed by atoms with Gasteiger partial charge in [0, 0.05) is 13.6 Å². The molecule has 3 rings (SSSR count). The molecule has 0 aliphatic heterocycles. The lowest BCUT2D eigenvalue weighted by molar-refractivity contribution is 0.414. The highest BCUT2D eigenvalue weighted by Crippen LogP contribution is 2.18. The van der Waals surface area contributed by atoms with Gasteiger partial charge < -0.3 is 9.64 Å². The van der Waals surface area contributed by atoms with Gasteiger partial charge in [-0.15, -0.1) is 0 Å². The molecular formula is C16H17N5O. The molecule has 2 aromatic carbocycles. The van der Waals surface area contributed by atoms with Gasteiger partial charge in [0.25, 0.3) is 0 Å². The minimum atomic E-state index is 0.685. The smallest absolute Gasteiger partial charge is 0.250 e. The first-order valence-corrected chi connectivity index (χ1v) is 6.96. The number of para-hydroxylation sites is 1. The number of benzene rings is 2. The number of ether oxygens (including phenoxy) is 1. The van der Waals surface area contributed by atoms with E-state index in [9.17, 15) is 0 Å². The third kappa shape index (κ3) is 2.90. The molecule has 0 atom stereocenters. The Labute approximate surface area is 128 Å². The molecule has 0 amide bonds. The van der Waals surface area contributed by atoms with Crippen LogP contribution < -0.4 is 9.64 Å². The predicted molar refractivity (Wildman–Crippen MR) is 84.3 cm³/mol. The number of rotatable bonds is 5. The molecule has 3 aromatic rings. The van der Waals surface area contributed by atoms with Crippen LogP contribution in [-0.4, -0.2) is 34.4 Å². The van der Waals surface area contributed by atoms with Crippen LogP contribution in [-0.2, 0) is 6.54 Å². The average molecular weight is 295 g/mol. The van der Waals surface area contributed by atoms with Gasteiger partial charge in [-0.2, -0.15) is 4.68 Å². The molecule has 6 heteroatoms. The highest BCUT2D eigenvalue weighted by Gasteiger charge is 2.13. The van der Waals surface area contributed by atoms with Crippen molar-refractivity contribution in [1.29, 1.82) is 0 Å². The fourth-order valence-electron chi connectivity index (χ4n) is 2.27. The quantitative estimate of drug-likeness (QED) is 0.723. The van der Waals surface area contributed by atoms with Crippen molar-refractivity contribution >= 4 is 5.95 Å². The van der Waals surface area contributed by atoms with Crippen molar-refractivity contribution in [3.63, 3.8) is 0 Å². The largest absolute Gasteiger partial charge is 0.497 e. The zero-order valence-electron chi connectivity index (χ0n) is 12.5. The van der Waals surface area contributed by atoms with Crippen molar-refractivity contribution in [3.8, 4) is 11.4 Å². The van der Waals surface area contributed by atoms with Gasteiger partial charge in [0.2, 0.25) is 5.95 Å². The van der Waals surface area contributed by atoms with Crippen LogP contribution in [0.2, 0.25) is 0 Å². The molecule has 0 saturated carbocycles. The lowest BCUT2D eigenvalue weighted by Crippen LogP contribution is -2.20. The molecule has 0 aliphatic rings. The molecule has 0 bridgehead atoms. The zero-order chi connectivity index (χ0) is 15.4. The first kappa shape index (κ1) is 14.1. The van der Waals surface area contributed by atoms with E-state index in [1.165, 1.54) is 0 Å². The van der Waals surface area contributed by atoms with Crippen LogP contribution in [0.3, 0.4) is 0 Å². The van der Waals surface area contributed by atoms with Gasteiger partial charge in [-0.05, 0) is 40.3 Å². The van der Waals surface area contributed by atoms with Crippen molar-refractivity contribution in [2.45, 2.75) is 6.54 Å². The number of hydrogen-bond acceptors (Lipinski definition) is 5. The minimum absolute atomic E-state index is 0.685. The standard InChI is InChI=1S/C16H17N5O/c1-20(12-13-7-6-10-15(11-13)22-2)16-17-18-19-21(16)14-8-4-3-5-9-14/h3-11H,12H2,1-2H3. The van der Waals surface area contributed by atoms with Crippen molar-refractivity contribution < 1.29 is 4.74 Å². The predicted octanol–water partition coefficient (Wildman–Crippen LogP) is 2.31. The molecule has 1 aromatic heterocycles. The Kier molecular flexibility index (Phi) is 4.00. The van der Waals surface area contributed by atoms with Gasteiger partial charge in [0.15, 0.2) is 0 Å². The molecule has 0 spiro atoms. The van der Waals surface area contributed by atoms with Crippen molar-refractivity contribution in [3.05, 3.63) is 60.2 Å². The monoisotopic (exact) mass is 295 g/mol. The second-order valence-electron chi connectivity index (χ2n) is 4.93. The third-order valence-electron chi connectivity index (χ3n) is 3.35. The summed E-state index contributed by atoms with van der Waals surface area (Å²) in [4.78, 5) is 2.00. The summed E-state index contributed by atoms with van der Waals surface area (Å²) in [6, 6.07) is 17.8. The van der Waals surface area contributed by atoms with Crippen molar-refractivity contribution in [1.82, 2.24) is 20.2 Å². The van der Waals surface area contributed by atoms with Crippen molar-refractivity contribution in [2.24, 2.45) is 0 Å². The van der Waals surface area contributed by atoms with Gasteiger partial charge in [-0.25, -0.2) is 0 Å². The maximum atomic E-state index is 5.26. The Bertz CT molecular complexity index is 741. The summed E-state index contributed by atoms with van der Waals surface area (Å²) in [5, 5.41) is 12.0. The summed E-state index contributed by atoms with van der Waals surface area (Å²) in [5.41, 5.74) is 2.06. The summed E-state index contributed by atoms with van der Waals surface area (Å²) >= 11 is 0. The second kappa shape index (κ2) is 6.26. The average Bonchev–Trinajstić information content (AvgIpc) is 3.05. The van der Waals surface area contributed by atoms with Crippen LogP contribution in [0.25, 0.3) is 5.69 Å². The van der Waals surface area contributed by atoms with Crippen LogP contribution in [0.4, 0.5) is 5.95 Å². The third-order valence-corrected chi connectivity index (χ3v) is 3.35. The highest BCUT2D eigenvalue weighted by atomic mass is 16.5. The van der Waals surface area contributed by atoms with Crippen LogP contribution in [0.15, 0.2) is 54.6 Å². The molecule has 0 aliphatic carbocycles.